The van der Waals surface area contributed by atoms with Gasteiger partial charge in [-0.1, -0.05) is 345 Å². The van der Waals surface area contributed by atoms with Crippen LogP contribution < -0.4 is 4.65 Å². The SMILES string of the molecule is Brc1cc(-c2ccccc2)c2oc3ccccc3c2c1.Brc1cc(I)c2oc3ccccc3c2c1.Brc1ccc2oc3ccccc3c2c1.O[B]Oc1ccccc1.c1ccc(-c2cc(-n3c4ccccc4c4cc(-c5ccc6c(c5)c5ccccc5n6-c5ccccc5)ccc43)cc3c2oc2ccccc23)cc1.c1ccc(-n2c3ccccc3c3cc(-c4ccc5c(c4)-c4ccccc4C5)ccc32)cc1. The molecule has 0 unspecified atom stereocenters. The number of para-hydroxylation sites is 10. The normalized spacial score (nSPS) is 11.6. The van der Waals surface area contributed by atoms with Crippen LogP contribution >= 0.6 is 70.4 Å². The molecule has 7 heterocycles. The fraction of sp³-hybridized carbons (Fsp3) is 0.00787. The summed E-state index contributed by atoms with van der Waals surface area (Å²) in [5.41, 5.74) is 33.3. The lowest BCUT2D eigenvalue weighted by Gasteiger charge is -2.12. The van der Waals surface area contributed by atoms with Crippen molar-refractivity contribution in [3.63, 3.8) is 0 Å². The smallest absolute Gasteiger partial charge is 0.537 e. The monoisotopic (exact) mass is 2120 g/mol. The first-order valence-electron chi connectivity index (χ1n) is 46.6. The summed E-state index contributed by atoms with van der Waals surface area (Å²) < 4.78 is 40.2. The van der Waals surface area contributed by atoms with Gasteiger partial charge >= 0.3 is 7.69 Å². The lowest BCUT2D eigenvalue weighted by atomic mass is 9.97. The van der Waals surface area contributed by atoms with E-state index in [9.17, 15) is 0 Å². The summed E-state index contributed by atoms with van der Waals surface area (Å²) in [6, 6.07) is 166. The zero-order chi connectivity index (χ0) is 94.5. The molecule has 1 aliphatic carbocycles. The molecular weight excluding hydrogens is 2040 g/mol. The molecule has 1 radical (unpaired) electrons. The van der Waals surface area contributed by atoms with E-state index < -0.39 is 0 Å². The molecule has 0 atom stereocenters. The second-order valence-electron chi connectivity index (χ2n) is 34.9. The molecule has 0 fully saturated rings. The lowest BCUT2D eigenvalue weighted by molar-refractivity contribution is 0.454. The van der Waals surface area contributed by atoms with Gasteiger partial charge in [-0.25, -0.2) is 0 Å². The Balaban J connectivity index is 0.000000101. The number of aromatic nitrogens is 3. The Morgan fingerprint density at radius 2 is 0.574 bits per heavy atom. The van der Waals surface area contributed by atoms with Crippen LogP contribution in [0.4, 0.5) is 0 Å². The molecule has 29 rings (SSSR count). The van der Waals surface area contributed by atoms with Crippen LogP contribution in [0.3, 0.4) is 0 Å². The highest BCUT2D eigenvalue weighted by atomic mass is 127. The fourth-order valence-corrected chi connectivity index (χ4v) is 22.6. The summed E-state index contributed by atoms with van der Waals surface area (Å²) in [4.78, 5) is 0. The van der Waals surface area contributed by atoms with Crippen molar-refractivity contribution < 1.29 is 27.3 Å². The minimum atomic E-state index is 0.639. The molecule has 0 aliphatic heterocycles. The van der Waals surface area contributed by atoms with Crippen LogP contribution in [-0.2, 0) is 6.42 Å². The van der Waals surface area contributed by atoms with Crippen molar-refractivity contribution in [2.45, 2.75) is 6.42 Å². The highest BCUT2D eigenvalue weighted by Crippen LogP contribution is 2.47. The summed E-state index contributed by atoms with van der Waals surface area (Å²) in [6.45, 7) is 0. The largest absolute Gasteiger partial charge is 0.569 e. The molecule has 0 amide bonds. The number of hydrogen-bond acceptors (Lipinski definition) is 6. The minimum absolute atomic E-state index is 0.639. The molecule has 671 valence electrons. The van der Waals surface area contributed by atoms with E-state index in [2.05, 4.69) is 441 Å². The predicted molar refractivity (Wildman–Crippen MR) is 605 cm³/mol. The average Bonchev–Trinajstić information content (AvgIpc) is 1.57. The highest BCUT2D eigenvalue weighted by Gasteiger charge is 2.24. The zero-order valence-electron chi connectivity index (χ0n) is 75.7. The van der Waals surface area contributed by atoms with Crippen LogP contribution in [0.25, 0.3) is 226 Å². The first-order valence-corrected chi connectivity index (χ1v) is 50.1. The third-order valence-electron chi connectivity index (χ3n) is 26.5. The van der Waals surface area contributed by atoms with Crippen molar-refractivity contribution in [2.75, 3.05) is 0 Å². The van der Waals surface area contributed by atoms with Crippen LogP contribution in [0.2, 0.25) is 0 Å². The van der Waals surface area contributed by atoms with E-state index in [4.69, 9.17) is 22.7 Å². The van der Waals surface area contributed by atoms with Gasteiger partial charge in [0.1, 0.15) is 44.7 Å². The molecule has 1 N–H and O–H groups in total. The van der Waals surface area contributed by atoms with Gasteiger partial charge in [0.2, 0.25) is 0 Å². The van der Waals surface area contributed by atoms with Gasteiger partial charge in [-0.15, -0.1) is 0 Å². The van der Waals surface area contributed by atoms with E-state index in [1.165, 1.54) is 137 Å². The maximum Gasteiger partial charge on any atom is 0.569 e. The van der Waals surface area contributed by atoms with Crippen LogP contribution in [0, 0.1) is 3.57 Å². The topological polar surface area (TPSA) is 96.8 Å². The molecule has 141 heavy (non-hydrogen) atoms. The molecule has 14 heteroatoms. The first kappa shape index (κ1) is 87.9. The molecule has 1 aliphatic rings. The number of hydrogen-bond donors (Lipinski definition) is 1. The van der Waals surface area contributed by atoms with Gasteiger partial charge in [0, 0.05) is 117 Å². The fourth-order valence-electron chi connectivity index (χ4n) is 20.2. The second-order valence-corrected chi connectivity index (χ2v) is 38.8. The quantitative estimate of drug-likeness (QED) is 0.114. The summed E-state index contributed by atoms with van der Waals surface area (Å²) in [6.07, 6.45) is 1.04. The minimum Gasteiger partial charge on any atom is -0.537 e. The first-order chi connectivity index (χ1) is 69.5. The molecule has 0 bridgehead atoms. The van der Waals surface area contributed by atoms with E-state index >= 15 is 0 Å². The van der Waals surface area contributed by atoms with Gasteiger partial charge in [0.05, 0.1) is 42.4 Å². The summed E-state index contributed by atoms with van der Waals surface area (Å²) in [5.74, 6) is 0.639. The third-order valence-corrected chi connectivity index (χ3v) is 28.7. The second kappa shape index (κ2) is 38.2. The van der Waals surface area contributed by atoms with Crippen molar-refractivity contribution in [2.24, 2.45) is 0 Å². The lowest BCUT2D eigenvalue weighted by Crippen LogP contribution is -1.98. The molecule has 21 aromatic carbocycles. The standard InChI is InChI=1S/C48H30N2O.C31H21N.C18H11BrO.C12H6BrIO.C12H7BrO.C6H6BO2/c1-3-13-31(14-4-1)39-29-35(30-42-38-19-9-12-22-47(38)51-48(39)42)50-44-21-11-8-18-37(44)41-28-33(24-26-46(41)50)32-23-25-45-40(27-32)36-17-7-10-20-43(36)49(45)34-15-5-2-6-16-34;1-2-9-25(10-3-1)32-30-13-7-6-12-27(30)29-20-22(16-17-31(29)32)21-14-15-24-18-23-8-4-5-11-26(23)28(24)19-21;19-13-10-15(12-6-2-1-3-7-12)18-16(11-13)14-8-4-5-9-17(14)20-18;13-7-5-9-8-3-1-2-4-11(8)15-12(9)10(14)6-7;13-8-5-6-12-10(7-8)9-3-1-2-4-11(9)14-12;8-7-9-6-4-2-1-3-5-6/h1-30H;1-17,19-20H,18H2;1-11H;1-6H;1-7H;1-5,8H. The van der Waals surface area contributed by atoms with E-state index in [0.29, 0.717) is 13.4 Å². The van der Waals surface area contributed by atoms with Gasteiger partial charge in [-0.3, -0.25) is 0 Å². The zero-order valence-corrected chi connectivity index (χ0v) is 82.6. The Morgan fingerprint density at radius 1 is 0.227 bits per heavy atom. The number of nitrogens with zero attached hydrogens (tertiary/aromatic N) is 3. The van der Waals surface area contributed by atoms with Gasteiger partial charge in [-0.05, 0) is 261 Å². The Kier molecular flexibility index (Phi) is 23.8. The van der Waals surface area contributed by atoms with Crippen molar-refractivity contribution in [1.82, 2.24) is 13.7 Å². The average molecular weight is 2120 g/mol. The van der Waals surface area contributed by atoms with Crippen molar-refractivity contribution >= 4 is 231 Å². The number of halogens is 4. The van der Waals surface area contributed by atoms with E-state index in [1.807, 2.05) is 109 Å². The van der Waals surface area contributed by atoms with Gasteiger partial charge in [-0.2, -0.15) is 0 Å². The molecule has 0 saturated carbocycles. The van der Waals surface area contributed by atoms with E-state index in [1.54, 1.807) is 12.1 Å². The maximum atomic E-state index is 8.17. The van der Waals surface area contributed by atoms with Gasteiger partial charge in [0.15, 0.2) is 0 Å². The van der Waals surface area contributed by atoms with Crippen molar-refractivity contribution in [3.8, 4) is 78.4 Å². The van der Waals surface area contributed by atoms with E-state index in [0.717, 1.165) is 123 Å². The summed E-state index contributed by atoms with van der Waals surface area (Å²) in [7, 11) is 0.662. The third kappa shape index (κ3) is 16.8. The predicted octanol–water partition coefficient (Wildman–Crippen LogP) is 37.0. The highest BCUT2D eigenvalue weighted by molar-refractivity contribution is 14.1. The molecule has 7 aromatic heterocycles. The van der Waals surface area contributed by atoms with Crippen molar-refractivity contribution in [1.29, 1.82) is 0 Å². The molecule has 0 spiro atoms. The number of rotatable bonds is 9. The Labute approximate surface area is 850 Å². The van der Waals surface area contributed by atoms with Gasteiger partial charge < -0.3 is 41.0 Å². The summed E-state index contributed by atoms with van der Waals surface area (Å²) >= 11 is 12.9. The molecule has 0 saturated heterocycles. The van der Waals surface area contributed by atoms with Crippen LogP contribution in [0.1, 0.15) is 11.1 Å². The van der Waals surface area contributed by atoms with Crippen molar-refractivity contribution in [3.05, 3.63) is 501 Å². The number of furan rings is 4. The van der Waals surface area contributed by atoms with Crippen LogP contribution in [0.5, 0.6) is 5.75 Å². The summed E-state index contributed by atoms with van der Waals surface area (Å²) in [5, 5.41) is 24.9. The van der Waals surface area contributed by atoms with Crippen LogP contribution in [-0.4, -0.2) is 26.4 Å². The Morgan fingerprint density at radius 3 is 1.07 bits per heavy atom. The number of fused-ring (bicyclic) bond motifs is 24. The van der Waals surface area contributed by atoms with Gasteiger partial charge in [0.25, 0.3) is 0 Å². The Bertz CT molecular complexity index is 9630. The number of benzene rings is 21. The van der Waals surface area contributed by atoms with E-state index in [-0.39, 0.29) is 0 Å². The molecule has 9 nitrogen and oxygen atoms in total. The maximum absolute atomic E-state index is 8.17. The molecule has 28 aromatic rings. The molecular formula is C127H81BBr3IN3O6. The van der Waals surface area contributed by atoms with Crippen LogP contribution in [0.15, 0.2) is 504 Å². The Hall–Kier alpha value is -15.8.